The van der Waals surface area contributed by atoms with Crippen molar-refractivity contribution in [3.8, 4) is 23.0 Å². The molecule has 2 rings (SSSR count). The van der Waals surface area contributed by atoms with Gasteiger partial charge in [0.05, 0.1) is 40.7 Å². The molecule has 10 heteroatoms. The van der Waals surface area contributed by atoms with Gasteiger partial charge in [0.2, 0.25) is 21.7 Å². The highest BCUT2D eigenvalue weighted by molar-refractivity contribution is 7.88. The van der Waals surface area contributed by atoms with Crippen LogP contribution < -0.4 is 23.7 Å². The summed E-state index contributed by atoms with van der Waals surface area (Å²) < 4.78 is 47.5. The fourth-order valence-corrected chi connectivity index (χ4v) is 3.98. The standard InChI is InChI=1S/C22H30N2O7S/c1-24(14-15-11-19(29-3)22(31-5)20(12-15)30-4)21(25)13-18(23-32(6,26)27)16-7-9-17(28-2)10-8-16/h7-12,18,23H,13-14H2,1-6H3/t18-/m1/s1. The molecule has 176 valence electrons. The summed E-state index contributed by atoms with van der Waals surface area (Å²) in [7, 11) is 4.21. The van der Waals surface area contributed by atoms with E-state index in [0.717, 1.165) is 11.8 Å². The van der Waals surface area contributed by atoms with Gasteiger partial charge in [-0.25, -0.2) is 13.1 Å². The van der Waals surface area contributed by atoms with Gasteiger partial charge in [-0.2, -0.15) is 0 Å². The largest absolute Gasteiger partial charge is 0.497 e. The number of methoxy groups -OCH3 is 4. The molecule has 0 spiro atoms. The predicted molar refractivity (Wildman–Crippen MR) is 121 cm³/mol. The SMILES string of the molecule is COc1ccc([C@@H](CC(=O)N(C)Cc2cc(OC)c(OC)c(OC)c2)NS(C)(=O)=O)cc1. The number of ether oxygens (including phenoxy) is 4. The molecule has 0 bridgehead atoms. The number of hydrogen-bond acceptors (Lipinski definition) is 7. The van der Waals surface area contributed by atoms with Gasteiger partial charge in [0.25, 0.3) is 0 Å². The maximum Gasteiger partial charge on any atom is 0.224 e. The fourth-order valence-electron chi connectivity index (χ4n) is 3.24. The summed E-state index contributed by atoms with van der Waals surface area (Å²) >= 11 is 0. The van der Waals surface area contributed by atoms with Gasteiger partial charge in [-0.1, -0.05) is 12.1 Å². The van der Waals surface area contributed by atoms with Crippen LogP contribution in [0.25, 0.3) is 0 Å². The van der Waals surface area contributed by atoms with E-state index in [1.807, 2.05) is 0 Å². The molecule has 0 saturated carbocycles. The molecule has 2 aromatic rings. The van der Waals surface area contributed by atoms with Gasteiger partial charge in [0.15, 0.2) is 11.5 Å². The van der Waals surface area contributed by atoms with Crippen LogP contribution in [0.1, 0.15) is 23.6 Å². The Labute approximate surface area is 189 Å². The summed E-state index contributed by atoms with van der Waals surface area (Å²) in [5.74, 6) is 1.83. The van der Waals surface area contributed by atoms with Crippen LogP contribution in [-0.4, -0.2) is 61.0 Å². The van der Waals surface area contributed by atoms with E-state index >= 15 is 0 Å². The fraction of sp³-hybridized carbons (Fsp3) is 0.409. The lowest BCUT2D eigenvalue weighted by atomic mass is 10.0. The molecule has 1 amide bonds. The number of rotatable bonds is 11. The van der Waals surface area contributed by atoms with E-state index in [1.165, 1.54) is 26.2 Å². The van der Waals surface area contributed by atoms with Gasteiger partial charge >= 0.3 is 0 Å². The summed E-state index contributed by atoms with van der Waals surface area (Å²) in [5.41, 5.74) is 1.43. The minimum Gasteiger partial charge on any atom is -0.497 e. The lowest BCUT2D eigenvalue weighted by Gasteiger charge is -2.23. The van der Waals surface area contributed by atoms with Gasteiger partial charge < -0.3 is 23.8 Å². The smallest absolute Gasteiger partial charge is 0.224 e. The first-order valence-electron chi connectivity index (χ1n) is 9.76. The van der Waals surface area contributed by atoms with Crippen LogP contribution in [0.4, 0.5) is 0 Å². The van der Waals surface area contributed by atoms with Crippen LogP contribution in [0.5, 0.6) is 23.0 Å². The molecule has 0 heterocycles. The van der Waals surface area contributed by atoms with E-state index in [-0.39, 0.29) is 18.9 Å². The van der Waals surface area contributed by atoms with E-state index in [4.69, 9.17) is 18.9 Å². The topological polar surface area (TPSA) is 103 Å². The van der Waals surface area contributed by atoms with Crippen LogP contribution in [0, 0.1) is 0 Å². The van der Waals surface area contributed by atoms with Crippen molar-refractivity contribution >= 4 is 15.9 Å². The van der Waals surface area contributed by atoms with E-state index in [2.05, 4.69) is 4.72 Å². The van der Waals surface area contributed by atoms with Gasteiger partial charge in [0.1, 0.15) is 5.75 Å². The van der Waals surface area contributed by atoms with Gasteiger partial charge in [-0.3, -0.25) is 4.79 Å². The highest BCUT2D eigenvalue weighted by Gasteiger charge is 2.23. The van der Waals surface area contributed by atoms with Crippen molar-refractivity contribution in [1.29, 1.82) is 0 Å². The molecule has 0 radical (unpaired) electrons. The summed E-state index contributed by atoms with van der Waals surface area (Å²) in [6, 6.07) is 9.71. The lowest BCUT2D eigenvalue weighted by Crippen LogP contribution is -2.34. The first-order valence-corrected chi connectivity index (χ1v) is 11.6. The minimum atomic E-state index is -3.54. The Kier molecular flexibility index (Phi) is 8.73. The van der Waals surface area contributed by atoms with Crippen molar-refractivity contribution in [2.75, 3.05) is 41.7 Å². The number of nitrogens with one attached hydrogen (secondary N) is 1. The Balaban J connectivity index is 2.22. The number of sulfonamides is 1. The van der Waals surface area contributed by atoms with Crippen molar-refractivity contribution in [1.82, 2.24) is 9.62 Å². The average molecular weight is 467 g/mol. The highest BCUT2D eigenvalue weighted by atomic mass is 32.2. The van der Waals surface area contributed by atoms with Crippen molar-refractivity contribution in [2.24, 2.45) is 0 Å². The third kappa shape index (κ3) is 6.76. The van der Waals surface area contributed by atoms with Gasteiger partial charge in [-0.05, 0) is 35.4 Å². The van der Waals surface area contributed by atoms with Crippen LogP contribution in [0.2, 0.25) is 0 Å². The van der Waals surface area contributed by atoms with E-state index in [0.29, 0.717) is 28.6 Å². The number of benzene rings is 2. The second-order valence-corrected chi connectivity index (χ2v) is 8.98. The third-order valence-corrected chi connectivity index (χ3v) is 5.54. The molecule has 0 unspecified atom stereocenters. The Morgan fingerprint density at radius 3 is 1.97 bits per heavy atom. The monoisotopic (exact) mass is 466 g/mol. The van der Waals surface area contributed by atoms with Gasteiger partial charge in [-0.15, -0.1) is 0 Å². The number of hydrogen-bond donors (Lipinski definition) is 1. The zero-order valence-electron chi connectivity index (χ0n) is 19.2. The summed E-state index contributed by atoms with van der Waals surface area (Å²) in [4.78, 5) is 14.5. The molecule has 0 saturated heterocycles. The van der Waals surface area contributed by atoms with E-state index in [1.54, 1.807) is 50.6 Å². The Bertz CT molecular complexity index is 998. The second-order valence-electron chi connectivity index (χ2n) is 7.20. The molecular weight excluding hydrogens is 436 g/mol. The quantitative estimate of drug-likeness (QED) is 0.542. The molecule has 0 aliphatic carbocycles. The zero-order chi connectivity index (χ0) is 23.9. The van der Waals surface area contributed by atoms with Crippen molar-refractivity contribution in [3.63, 3.8) is 0 Å². The number of carbonyl (C=O) groups excluding carboxylic acids is 1. The molecule has 0 aliphatic heterocycles. The third-order valence-electron chi connectivity index (χ3n) is 4.82. The number of carbonyl (C=O) groups is 1. The minimum absolute atomic E-state index is 0.0552. The van der Waals surface area contributed by atoms with E-state index < -0.39 is 16.1 Å². The Hall–Kier alpha value is -2.98. The molecule has 0 fully saturated rings. The van der Waals surface area contributed by atoms with Crippen LogP contribution >= 0.6 is 0 Å². The highest BCUT2D eigenvalue weighted by Crippen LogP contribution is 2.38. The molecule has 1 N–H and O–H groups in total. The molecule has 0 aromatic heterocycles. The Morgan fingerprint density at radius 1 is 0.969 bits per heavy atom. The molecule has 1 atom stereocenters. The van der Waals surface area contributed by atoms with Crippen LogP contribution in [0.15, 0.2) is 36.4 Å². The average Bonchev–Trinajstić information content (AvgIpc) is 2.76. The van der Waals surface area contributed by atoms with Crippen molar-refractivity contribution < 1.29 is 32.2 Å². The molecule has 2 aromatic carbocycles. The van der Waals surface area contributed by atoms with Gasteiger partial charge in [0, 0.05) is 20.0 Å². The van der Waals surface area contributed by atoms with E-state index in [9.17, 15) is 13.2 Å². The number of nitrogens with zero attached hydrogens (tertiary/aromatic N) is 1. The molecule has 9 nitrogen and oxygen atoms in total. The maximum atomic E-state index is 13.0. The van der Waals surface area contributed by atoms with Crippen LogP contribution in [0.3, 0.4) is 0 Å². The van der Waals surface area contributed by atoms with Crippen molar-refractivity contribution in [3.05, 3.63) is 47.5 Å². The Morgan fingerprint density at radius 2 is 1.53 bits per heavy atom. The summed E-state index contributed by atoms with van der Waals surface area (Å²) in [6.45, 7) is 0.268. The first kappa shape index (κ1) is 25.3. The summed E-state index contributed by atoms with van der Waals surface area (Å²) in [5, 5.41) is 0. The van der Waals surface area contributed by atoms with Crippen molar-refractivity contribution in [2.45, 2.75) is 19.0 Å². The van der Waals surface area contributed by atoms with Crippen LogP contribution in [-0.2, 0) is 21.4 Å². The predicted octanol–water partition coefficient (Wildman–Crippen LogP) is 2.36. The normalized spacial score (nSPS) is 12.1. The summed E-state index contributed by atoms with van der Waals surface area (Å²) in [6.07, 6.45) is 1.01. The maximum absolute atomic E-state index is 13.0. The molecule has 32 heavy (non-hydrogen) atoms. The number of amides is 1. The zero-order valence-corrected chi connectivity index (χ0v) is 20.0. The molecule has 0 aliphatic rings. The molecular formula is C22H30N2O7S. The second kappa shape index (κ2) is 11.1. The first-order chi connectivity index (χ1) is 15.1. The lowest BCUT2D eigenvalue weighted by molar-refractivity contribution is -0.130.